The zero-order chi connectivity index (χ0) is 13.0. The van der Waals surface area contributed by atoms with Crippen LogP contribution in [0.1, 0.15) is 44.2 Å². The second-order valence-electron chi connectivity index (χ2n) is 5.64. The average molecular weight is 249 g/mol. The van der Waals surface area contributed by atoms with Gasteiger partial charge in [-0.05, 0) is 30.9 Å². The van der Waals surface area contributed by atoms with Crippen LogP contribution in [-0.4, -0.2) is 22.1 Å². The smallest absolute Gasteiger partial charge is 0.139 e. The van der Waals surface area contributed by atoms with Gasteiger partial charge in [0, 0.05) is 19.7 Å². The average Bonchev–Trinajstić information content (AvgIpc) is 2.75. The van der Waals surface area contributed by atoms with E-state index in [4.69, 9.17) is 5.73 Å². The molecule has 0 unspecified atom stereocenters. The zero-order valence-electron chi connectivity index (χ0n) is 11.2. The topological polar surface area (TPSA) is 60.9 Å². The molecular weight excluding hydrogens is 226 g/mol. The van der Waals surface area contributed by atoms with Crippen molar-refractivity contribution >= 4 is 5.78 Å². The molecule has 2 N–H and O–H groups in total. The first-order chi connectivity index (χ1) is 8.63. The fraction of sp³-hybridized carbons (Fsp3) is 0.714. The summed E-state index contributed by atoms with van der Waals surface area (Å²) >= 11 is 0. The molecule has 0 saturated heterocycles. The van der Waals surface area contributed by atoms with Crippen molar-refractivity contribution in [1.82, 2.24) is 9.78 Å². The van der Waals surface area contributed by atoms with Crippen LogP contribution < -0.4 is 5.73 Å². The summed E-state index contributed by atoms with van der Waals surface area (Å²) in [7, 11) is 1.87. The van der Waals surface area contributed by atoms with Gasteiger partial charge in [-0.3, -0.25) is 9.48 Å². The van der Waals surface area contributed by atoms with E-state index in [2.05, 4.69) is 5.10 Å². The Labute approximate surface area is 109 Å². The number of ketones is 1. The van der Waals surface area contributed by atoms with Crippen molar-refractivity contribution in [3.05, 3.63) is 18.0 Å². The molecule has 0 amide bonds. The van der Waals surface area contributed by atoms with E-state index in [1.54, 1.807) is 4.68 Å². The number of hydrogen-bond acceptors (Lipinski definition) is 3. The van der Waals surface area contributed by atoms with Crippen LogP contribution in [0.2, 0.25) is 0 Å². The summed E-state index contributed by atoms with van der Waals surface area (Å²) in [5.41, 5.74) is 6.85. The van der Waals surface area contributed by atoms with Crippen LogP contribution in [-0.2, 0) is 18.3 Å². The monoisotopic (exact) mass is 249 g/mol. The molecule has 1 aromatic heterocycles. The van der Waals surface area contributed by atoms with E-state index in [1.165, 1.54) is 19.3 Å². The molecule has 4 nitrogen and oxygen atoms in total. The summed E-state index contributed by atoms with van der Waals surface area (Å²) in [5.74, 6) is 0.279. The lowest BCUT2D eigenvalue weighted by molar-refractivity contribution is -0.121. The maximum atomic E-state index is 12.1. The highest BCUT2D eigenvalue weighted by atomic mass is 16.1. The highest BCUT2D eigenvalue weighted by Gasteiger charge is 2.32. The van der Waals surface area contributed by atoms with Crippen LogP contribution in [0.4, 0.5) is 0 Å². The third-order valence-corrected chi connectivity index (χ3v) is 4.07. The molecule has 1 aromatic rings. The van der Waals surface area contributed by atoms with Gasteiger partial charge in [-0.15, -0.1) is 0 Å². The zero-order valence-corrected chi connectivity index (χ0v) is 11.2. The van der Waals surface area contributed by atoms with E-state index in [-0.39, 0.29) is 11.2 Å². The number of carbonyl (C=O) groups excluding carboxylic acids is 1. The van der Waals surface area contributed by atoms with Gasteiger partial charge in [0.25, 0.3) is 0 Å². The van der Waals surface area contributed by atoms with Gasteiger partial charge in [0.1, 0.15) is 5.78 Å². The Hall–Kier alpha value is -1.16. The summed E-state index contributed by atoms with van der Waals surface area (Å²) in [5, 5.41) is 4.26. The van der Waals surface area contributed by atoms with Gasteiger partial charge in [0.2, 0.25) is 0 Å². The van der Waals surface area contributed by atoms with Gasteiger partial charge in [0.15, 0.2) is 0 Å². The van der Waals surface area contributed by atoms with Crippen molar-refractivity contribution in [3.63, 3.8) is 0 Å². The van der Waals surface area contributed by atoms with Crippen molar-refractivity contribution in [2.45, 2.75) is 44.9 Å². The van der Waals surface area contributed by atoms with Gasteiger partial charge in [-0.25, -0.2) is 0 Å². The van der Waals surface area contributed by atoms with Crippen LogP contribution in [0.5, 0.6) is 0 Å². The van der Waals surface area contributed by atoms with E-state index in [0.29, 0.717) is 19.4 Å². The first-order valence-corrected chi connectivity index (χ1v) is 6.84. The molecule has 1 heterocycles. The molecule has 1 saturated carbocycles. The highest BCUT2D eigenvalue weighted by molar-refractivity contribution is 5.81. The standard InChI is InChI=1S/C14H23N3O/c1-17-8-5-12(16-17)9-13(18)10-14(11-15)6-3-2-4-7-14/h5,8H,2-4,6-7,9-11,15H2,1H3. The molecule has 100 valence electrons. The van der Waals surface area contributed by atoms with Gasteiger partial charge in [-0.2, -0.15) is 5.10 Å². The number of rotatable bonds is 5. The number of carbonyl (C=O) groups is 1. The largest absolute Gasteiger partial charge is 0.330 e. The van der Waals surface area contributed by atoms with Crippen molar-refractivity contribution in [2.24, 2.45) is 18.2 Å². The lowest BCUT2D eigenvalue weighted by Crippen LogP contribution is -2.35. The number of Topliss-reactive ketones (excluding diaryl/α,β-unsaturated/α-hetero) is 1. The van der Waals surface area contributed by atoms with Crippen molar-refractivity contribution in [2.75, 3.05) is 6.54 Å². The van der Waals surface area contributed by atoms with Crippen molar-refractivity contribution < 1.29 is 4.79 Å². The number of aromatic nitrogens is 2. The van der Waals surface area contributed by atoms with E-state index < -0.39 is 0 Å². The minimum Gasteiger partial charge on any atom is -0.330 e. The van der Waals surface area contributed by atoms with Gasteiger partial charge in [0.05, 0.1) is 12.1 Å². The fourth-order valence-electron chi connectivity index (χ4n) is 3.00. The lowest BCUT2D eigenvalue weighted by atomic mass is 9.70. The summed E-state index contributed by atoms with van der Waals surface area (Å²) in [4.78, 5) is 12.1. The molecule has 1 fully saturated rings. The molecule has 0 radical (unpaired) electrons. The number of nitrogens with two attached hydrogens (primary N) is 1. The Morgan fingerprint density at radius 3 is 2.72 bits per heavy atom. The molecule has 1 aliphatic carbocycles. The molecule has 0 aliphatic heterocycles. The molecule has 4 heteroatoms. The maximum Gasteiger partial charge on any atom is 0.139 e. The Bertz CT molecular complexity index is 405. The van der Waals surface area contributed by atoms with Crippen LogP contribution in [0.3, 0.4) is 0 Å². The lowest BCUT2D eigenvalue weighted by Gasteiger charge is -2.35. The normalized spacial score (nSPS) is 18.8. The quantitative estimate of drug-likeness (QED) is 0.866. The molecule has 2 rings (SSSR count). The van der Waals surface area contributed by atoms with Gasteiger partial charge < -0.3 is 5.73 Å². The van der Waals surface area contributed by atoms with Crippen molar-refractivity contribution in [3.8, 4) is 0 Å². The highest BCUT2D eigenvalue weighted by Crippen LogP contribution is 2.38. The summed E-state index contributed by atoms with van der Waals surface area (Å²) in [6.45, 7) is 0.640. The first-order valence-electron chi connectivity index (χ1n) is 6.84. The Kier molecular flexibility index (Phi) is 4.17. The van der Waals surface area contributed by atoms with E-state index >= 15 is 0 Å². The van der Waals surface area contributed by atoms with E-state index in [0.717, 1.165) is 18.5 Å². The Morgan fingerprint density at radius 1 is 1.44 bits per heavy atom. The van der Waals surface area contributed by atoms with Crippen molar-refractivity contribution in [1.29, 1.82) is 0 Å². The second-order valence-corrected chi connectivity index (χ2v) is 5.64. The first kappa shape index (κ1) is 13.3. The third-order valence-electron chi connectivity index (χ3n) is 4.07. The number of aryl methyl sites for hydroxylation is 1. The molecular formula is C14H23N3O. The van der Waals surface area contributed by atoms with Crippen LogP contribution in [0.15, 0.2) is 12.3 Å². The number of nitrogens with zero attached hydrogens (tertiary/aromatic N) is 2. The molecule has 0 atom stereocenters. The summed E-state index contributed by atoms with van der Waals surface area (Å²) in [6.07, 6.45) is 8.89. The second kappa shape index (κ2) is 5.65. The summed E-state index contributed by atoms with van der Waals surface area (Å²) in [6, 6.07) is 1.91. The van der Waals surface area contributed by atoms with Crippen LogP contribution in [0, 0.1) is 5.41 Å². The SMILES string of the molecule is Cn1ccc(CC(=O)CC2(CN)CCCCC2)n1. The van der Waals surface area contributed by atoms with Gasteiger partial charge >= 0.3 is 0 Å². The molecule has 18 heavy (non-hydrogen) atoms. The Balaban J connectivity index is 1.93. The van der Waals surface area contributed by atoms with E-state index in [1.807, 2.05) is 19.3 Å². The van der Waals surface area contributed by atoms with Crippen LogP contribution in [0.25, 0.3) is 0 Å². The van der Waals surface area contributed by atoms with Gasteiger partial charge in [-0.1, -0.05) is 19.3 Å². The molecule has 0 aromatic carbocycles. The molecule has 0 spiro atoms. The Morgan fingerprint density at radius 2 is 2.17 bits per heavy atom. The predicted octanol–water partition coefficient (Wildman–Crippen LogP) is 1.83. The number of hydrogen-bond donors (Lipinski definition) is 1. The van der Waals surface area contributed by atoms with Crippen LogP contribution >= 0.6 is 0 Å². The fourth-order valence-corrected chi connectivity index (χ4v) is 3.00. The summed E-state index contributed by atoms with van der Waals surface area (Å²) < 4.78 is 1.74. The third kappa shape index (κ3) is 3.19. The molecule has 1 aliphatic rings. The predicted molar refractivity (Wildman–Crippen MR) is 71.1 cm³/mol. The maximum absolute atomic E-state index is 12.1. The minimum absolute atomic E-state index is 0.0735. The van der Waals surface area contributed by atoms with E-state index in [9.17, 15) is 4.79 Å². The molecule has 0 bridgehead atoms. The minimum atomic E-state index is 0.0735.